The first kappa shape index (κ1) is 27.9. The highest BCUT2D eigenvalue weighted by Gasteiger charge is 2.36. The van der Waals surface area contributed by atoms with E-state index in [1.165, 1.54) is 18.2 Å². The lowest BCUT2D eigenvalue weighted by atomic mass is 10.1. The number of carbonyl (C=O) groups is 3. The van der Waals surface area contributed by atoms with Gasteiger partial charge in [0.1, 0.15) is 36.1 Å². The molecule has 0 aliphatic carbocycles. The number of imide groups is 2. The summed E-state index contributed by atoms with van der Waals surface area (Å²) < 4.78 is 25.3. The summed E-state index contributed by atoms with van der Waals surface area (Å²) in [5, 5.41) is 3.01. The molecule has 0 radical (unpaired) electrons. The van der Waals surface area contributed by atoms with Gasteiger partial charge in [-0.2, -0.15) is 0 Å². The van der Waals surface area contributed by atoms with Crippen molar-refractivity contribution in [3.8, 4) is 11.5 Å². The van der Waals surface area contributed by atoms with E-state index in [-0.39, 0.29) is 22.9 Å². The van der Waals surface area contributed by atoms with Crippen molar-refractivity contribution in [2.24, 2.45) is 0 Å². The van der Waals surface area contributed by atoms with E-state index in [0.29, 0.717) is 34.3 Å². The third-order valence-electron chi connectivity index (χ3n) is 6.12. The van der Waals surface area contributed by atoms with Crippen LogP contribution < -0.4 is 19.7 Å². The number of halogens is 3. The molecule has 1 aliphatic heterocycles. The van der Waals surface area contributed by atoms with Gasteiger partial charge in [0, 0.05) is 10.6 Å². The second-order valence-corrected chi connectivity index (χ2v) is 9.78. The van der Waals surface area contributed by atoms with Crippen molar-refractivity contribution in [2.75, 3.05) is 4.90 Å². The molecule has 4 aromatic carbocycles. The quantitative estimate of drug-likeness (QED) is 0.177. The number of nitrogens with zero attached hydrogens (tertiary/aromatic N) is 1. The molecule has 10 heteroatoms. The lowest BCUT2D eigenvalue weighted by Crippen LogP contribution is -2.54. The molecule has 4 aromatic rings. The number of anilines is 1. The molecule has 7 nitrogen and oxygen atoms in total. The van der Waals surface area contributed by atoms with Crippen LogP contribution >= 0.6 is 23.2 Å². The molecule has 206 valence electrons. The van der Waals surface area contributed by atoms with Crippen LogP contribution in [0.2, 0.25) is 10.0 Å². The largest absolute Gasteiger partial charge is 0.489 e. The van der Waals surface area contributed by atoms with Crippen LogP contribution in [0.3, 0.4) is 0 Å². The molecular weight excluding hydrogens is 570 g/mol. The van der Waals surface area contributed by atoms with Gasteiger partial charge in [-0.15, -0.1) is 0 Å². The number of barbiturate groups is 1. The SMILES string of the molecule is O=C1NC(=O)N(c2ccc(OCc3ccc(Cl)cc3)cc2)C(=O)/C1=C/c1ccc(OCc2ccccc2F)c(Cl)c1. The minimum atomic E-state index is -0.873. The van der Waals surface area contributed by atoms with E-state index < -0.39 is 23.7 Å². The van der Waals surface area contributed by atoms with Crippen molar-refractivity contribution in [1.82, 2.24) is 5.32 Å². The maximum atomic E-state index is 13.9. The number of rotatable bonds is 8. The Morgan fingerprint density at radius 3 is 2.27 bits per heavy atom. The monoisotopic (exact) mass is 590 g/mol. The minimum absolute atomic E-state index is 0.0320. The summed E-state index contributed by atoms with van der Waals surface area (Å²) in [6, 6.07) is 23.5. The zero-order valence-electron chi connectivity index (χ0n) is 21.3. The smallest absolute Gasteiger partial charge is 0.335 e. The van der Waals surface area contributed by atoms with Gasteiger partial charge in [-0.25, -0.2) is 14.1 Å². The Hall–Kier alpha value is -4.66. The highest BCUT2D eigenvalue weighted by Crippen LogP contribution is 2.29. The Kier molecular flexibility index (Phi) is 8.33. The number of urea groups is 1. The van der Waals surface area contributed by atoms with E-state index in [0.717, 1.165) is 10.5 Å². The van der Waals surface area contributed by atoms with Gasteiger partial charge in [0.15, 0.2) is 0 Å². The number of amides is 4. The fourth-order valence-electron chi connectivity index (χ4n) is 3.99. The molecule has 1 fully saturated rings. The van der Waals surface area contributed by atoms with E-state index in [1.807, 2.05) is 12.1 Å². The van der Waals surface area contributed by atoms with E-state index >= 15 is 0 Å². The Balaban J connectivity index is 1.29. The Morgan fingerprint density at radius 2 is 1.56 bits per heavy atom. The van der Waals surface area contributed by atoms with E-state index in [9.17, 15) is 18.8 Å². The molecule has 0 saturated carbocycles. The third kappa shape index (κ3) is 6.57. The lowest BCUT2D eigenvalue weighted by Gasteiger charge is -2.26. The fraction of sp³-hybridized carbons (Fsp3) is 0.0645. The molecule has 0 bridgehead atoms. The molecule has 0 spiro atoms. The number of ether oxygens (including phenoxy) is 2. The molecule has 5 rings (SSSR count). The minimum Gasteiger partial charge on any atom is -0.489 e. The predicted molar refractivity (Wildman–Crippen MR) is 153 cm³/mol. The van der Waals surface area contributed by atoms with Crippen LogP contribution in [-0.2, 0) is 22.8 Å². The molecule has 0 unspecified atom stereocenters. The maximum Gasteiger partial charge on any atom is 0.335 e. The van der Waals surface area contributed by atoms with Crippen LogP contribution in [0.4, 0.5) is 14.9 Å². The van der Waals surface area contributed by atoms with Crippen LogP contribution in [0, 0.1) is 5.82 Å². The van der Waals surface area contributed by atoms with Gasteiger partial charge >= 0.3 is 6.03 Å². The predicted octanol–water partition coefficient (Wildman–Crippen LogP) is 6.96. The van der Waals surface area contributed by atoms with E-state index in [2.05, 4.69) is 5.32 Å². The van der Waals surface area contributed by atoms with Crippen molar-refractivity contribution in [1.29, 1.82) is 0 Å². The topological polar surface area (TPSA) is 84.9 Å². The normalized spacial score (nSPS) is 14.3. The summed E-state index contributed by atoms with van der Waals surface area (Å²) >= 11 is 12.2. The third-order valence-corrected chi connectivity index (χ3v) is 6.67. The molecule has 1 aliphatic rings. The van der Waals surface area contributed by atoms with Crippen LogP contribution in [0.1, 0.15) is 16.7 Å². The summed E-state index contributed by atoms with van der Waals surface area (Å²) in [4.78, 5) is 39.3. The molecule has 41 heavy (non-hydrogen) atoms. The number of nitrogens with one attached hydrogen (secondary N) is 1. The summed E-state index contributed by atoms with van der Waals surface area (Å²) in [5.41, 5.74) is 1.70. The Morgan fingerprint density at radius 1 is 0.829 bits per heavy atom. The average Bonchev–Trinajstić information content (AvgIpc) is 2.96. The van der Waals surface area contributed by atoms with Crippen molar-refractivity contribution in [2.45, 2.75) is 13.2 Å². The second kappa shape index (κ2) is 12.2. The zero-order valence-corrected chi connectivity index (χ0v) is 22.8. The van der Waals surface area contributed by atoms with Crippen LogP contribution in [0.5, 0.6) is 11.5 Å². The van der Waals surface area contributed by atoms with Crippen molar-refractivity contribution in [3.63, 3.8) is 0 Å². The van der Waals surface area contributed by atoms with E-state index in [1.54, 1.807) is 66.7 Å². The van der Waals surface area contributed by atoms with Crippen molar-refractivity contribution in [3.05, 3.63) is 129 Å². The number of hydrogen-bond acceptors (Lipinski definition) is 5. The first-order chi connectivity index (χ1) is 19.8. The van der Waals surface area contributed by atoms with Gasteiger partial charge in [0.05, 0.1) is 10.7 Å². The first-order valence-electron chi connectivity index (χ1n) is 12.3. The summed E-state index contributed by atoms with van der Waals surface area (Å²) in [6.07, 6.45) is 1.33. The molecule has 0 aromatic heterocycles. The van der Waals surface area contributed by atoms with Gasteiger partial charge in [-0.05, 0) is 71.8 Å². The average molecular weight is 591 g/mol. The standard InChI is InChI=1S/C31H21Cl2FN2O5/c32-22-8-5-19(6-9-22)17-40-24-12-10-23(11-13-24)36-30(38)25(29(37)35-31(36)39)15-20-7-14-28(26(33)16-20)41-18-21-3-1-2-4-27(21)34/h1-16H,17-18H2,(H,35,37,39)/b25-15+. The summed E-state index contributed by atoms with van der Waals surface area (Å²) in [6.45, 7) is 0.270. The molecule has 1 heterocycles. The highest BCUT2D eigenvalue weighted by molar-refractivity contribution is 6.39. The van der Waals surface area contributed by atoms with Gasteiger partial charge in [0.2, 0.25) is 0 Å². The number of carbonyl (C=O) groups excluding carboxylic acids is 3. The van der Waals surface area contributed by atoms with Gasteiger partial charge < -0.3 is 9.47 Å². The molecule has 1 N–H and O–H groups in total. The maximum absolute atomic E-state index is 13.9. The fourth-order valence-corrected chi connectivity index (χ4v) is 4.36. The molecular formula is C31H21Cl2FN2O5. The van der Waals surface area contributed by atoms with E-state index in [4.69, 9.17) is 32.7 Å². The Bertz CT molecular complexity index is 1660. The molecule has 4 amide bonds. The molecule has 0 atom stereocenters. The summed E-state index contributed by atoms with van der Waals surface area (Å²) in [7, 11) is 0. The van der Waals surface area contributed by atoms with Gasteiger partial charge in [-0.3, -0.25) is 14.9 Å². The highest BCUT2D eigenvalue weighted by atomic mass is 35.5. The van der Waals surface area contributed by atoms with Gasteiger partial charge in [-0.1, -0.05) is 59.6 Å². The molecule has 1 saturated heterocycles. The summed E-state index contributed by atoms with van der Waals surface area (Å²) in [5.74, 6) is -1.22. The Labute approximate surface area is 244 Å². The number of hydrogen-bond donors (Lipinski definition) is 1. The van der Waals surface area contributed by atoms with Crippen LogP contribution in [0.25, 0.3) is 6.08 Å². The van der Waals surface area contributed by atoms with Crippen LogP contribution in [0.15, 0.2) is 96.6 Å². The van der Waals surface area contributed by atoms with Crippen molar-refractivity contribution < 1.29 is 28.2 Å². The van der Waals surface area contributed by atoms with Crippen LogP contribution in [-0.4, -0.2) is 17.8 Å². The second-order valence-electron chi connectivity index (χ2n) is 8.94. The van der Waals surface area contributed by atoms with Crippen molar-refractivity contribution >= 4 is 52.8 Å². The first-order valence-corrected chi connectivity index (χ1v) is 13.1. The lowest BCUT2D eigenvalue weighted by molar-refractivity contribution is -0.122. The zero-order chi connectivity index (χ0) is 28.9. The number of benzene rings is 4. The van der Waals surface area contributed by atoms with Gasteiger partial charge in [0.25, 0.3) is 11.8 Å².